The Morgan fingerprint density at radius 2 is 1.87 bits per heavy atom. The van der Waals surface area contributed by atoms with E-state index in [0.717, 1.165) is 16.8 Å². The van der Waals surface area contributed by atoms with E-state index >= 15 is 0 Å². The molecule has 1 fully saturated rings. The lowest BCUT2D eigenvalue weighted by molar-refractivity contribution is 0.00764. The summed E-state index contributed by atoms with van der Waals surface area (Å²) in [5.74, 6) is -0.244. The largest absolute Gasteiger partial charge is 0.309 e. The van der Waals surface area contributed by atoms with Crippen LogP contribution < -0.4 is 0 Å². The summed E-state index contributed by atoms with van der Waals surface area (Å²) in [4.78, 5) is 39.1. The van der Waals surface area contributed by atoms with Gasteiger partial charge in [0.25, 0.3) is 11.8 Å². The van der Waals surface area contributed by atoms with Crippen molar-refractivity contribution in [1.82, 2.24) is 19.8 Å². The minimum atomic E-state index is -0.931. The molecule has 7 heteroatoms. The van der Waals surface area contributed by atoms with Crippen molar-refractivity contribution in [1.29, 1.82) is 0 Å². The number of halogens is 1. The van der Waals surface area contributed by atoms with Crippen molar-refractivity contribution in [2.75, 3.05) is 13.1 Å². The zero-order chi connectivity index (χ0) is 20.9. The van der Waals surface area contributed by atoms with Gasteiger partial charge in [-0.3, -0.25) is 19.6 Å². The summed E-state index contributed by atoms with van der Waals surface area (Å²) in [7, 11) is 0. The SMILES string of the molecule is Cc1ccc(C(=O)N2CCN3C(=O)c4ccncc4CC23c2ccc(Cl)cc2)cn1. The first-order chi connectivity index (χ1) is 14.5. The van der Waals surface area contributed by atoms with E-state index in [1.54, 1.807) is 52.7 Å². The van der Waals surface area contributed by atoms with Crippen molar-refractivity contribution in [2.45, 2.75) is 19.0 Å². The average Bonchev–Trinajstić information content (AvgIpc) is 3.15. The third-order valence-corrected chi connectivity index (χ3v) is 6.22. The predicted octanol–water partition coefficient (Wildman–Crippen LogP) is 3.45. The number of hydrogen-bond acceptors (Lipinski definition) is 4. The molecule has 30 heavy (non-hydrogen) atoms. The Hall–Kier alpha value is -3.25. The molecule has 6 nitrogen and oxygen atoms in total. The summed E-state index contributed by atoms with van der Waals surface area (Å²) in [6.45, 7) is 2.77. The Morgan fingerprint density at radius 3 is 2.60 bits per heavy atom. The molecule has 1 aromatic carbocycles. The lowest BCUT2D eigenvalue weighted by Crippen LogP contribution is -2.58. The Bertz CT molecular complexity index is 1150. The quantitative estimate of drug-likeness (QED) is 0.639. The Morgan fingerprint density at radius 1 is 1.07 bits per heavy atom. The van der Waals surface area contributed by atoms with Crippen LogP contribution in [0.3, 0.4) is 0 Å². The number of aryl methyl sites for hydroxylation is 1. The molecule has 0 N–H and O–H groups in total. The van der Waals surface area contributed by atoms with Crippen LogP contribution in [0.1, 0.15) is 37.5 Å². The van der Waals surface area contributed by atoms with E-state index < -0.39 is 5.66 Å². The van der Waals surface area contributed by atoms with E-state index in [-0.39, 0.29) is 11.8 Å². The Kier molecular flexibility index (Phi) is 4.33. The van der Waals surface area contributed by atoms with Crippen LogP contribution in [0.25, 0.3) is 0 Å². The van der Waals surface area contributed by atoms with Crippen molar-refractivity contribution in [3.05, 3.63) is 94.0 Å². The molecule has 4 heterocycles. The second-order valence-corrected chi connectivity index (χ2v) is 8.07. The number of fused-ring (bicyclic) bond motifs is 2. The van der Waals surface area contributed by atoms with E-state index in [4.69, 9.17) is 11.6 Å². The summed E-state index contributed by atoms with van der Waals surface area (Å²) < 4.78 is 0. The monoisotopic (exact) mass is 418 g/mol. The van der Waals surface area contributed by atoms with Crippen molar-refractivity contribution in [2.24, 2.45) is 0 Å². The maximum atomic E-state index is 13.6. The van der Waals surface area contributed by atoms with Gasteiger partial charge in [0.15, 0.2) is 0 Å². The Labute approximate surface area is 179 Å². The molecular formula is C23H19ClN4O2. The van der Waals surface area contributed by atoms with Gasteiger partial charge in [-0.2, -0.15) is 0 Å². The molecule has 1 unspecified atom stereocenters. The molecule has 0 saturated carbocycles. The van der Waals surface area contributed by atoms with Gasteiger partial charge in [-0.05, 0) is 48.4 Å². The van der Waals surface area contributed by atoms with E-state index in [1.807, 2.05) is 25.1 Å². The van der Waals surface area contributed by atoms with Gasteiger partial charge in [0, 0.05) is 54.4 Å². The molecule has 150 valence electrons. The van der Waals surface area contributed by atoms with Crippen molar-refractivity contribution < 1.29 is 9.59 Å². The Balaban J connectivity index is 1.68. The predicted molar refractivity (Wildman–Crippen MR) is 112 cm³/mol. The van der Waals surface area contributed by atoms with Crippen LogP contribution in [0.5, 0.6) is 0 Å². The van der Waals surface area contributed by atoms with Crippen molar-refractivity contribution in [3.8, 4) is 0 Å². The fourth-order valence-corrected chi connectivity index (χ4v) is 4.64. The number of benzene rings is 1. The number of amides is 2. The topological polar surface area (TPSA) is 66.4 Å². The molecule has 0 bridgehead atoms. The van der Waals surface area contributed by atoms with Gasteiger partial charge in [0.05, 0.1) is 5.56 Å². The minimum absolute atomic E-state index is 0.0917. The van der Waals surface area contributed by atoms with Gasteiger partial charge in [-0.15, -0.1) is 0 Å². The molecule has 1 atom stereocenters. The van der Waals surface area contributed by atoms with Crippen LogP contribution >= 0.6 is 11.6 Å². The number of aromatic nitrogens is 2. The van der Waals surface area contributed by atoms with E-state index in [9.17, 15) is 9.59 Å². The van der Waals surface area contributed by atoms with Crippen LogP contribution in [0.2, 0.25) is 5.02 Å². The molecule has 2 aliphatic heterocycles. The fraction of sp³-hybridized carbons (Fsp3) is 0.217. The lowest BCUT2D eigenvalue weighted by atomic mass is 9.84. The number of pyridine rings is 2. The summed E-state index contributed by atoms with van der Waals surface area (Å²) in [5, 5.41) is 0.601. The maximum absolute atomic E-state index is 13.6. The molecule has 0 radical (unpaired) electrons. The highest BCUT2D eigenvalue weighted by molar-refractivity contribution is 6.30. The van der Waals surface area contributed by atoms with Gasteiger partial charge in [0.2, 0.25) is 0 Å². The number of carbonyl (C=O) groups excluding carboxylic acids is 2. The molecule has 0 aliphatic carbocycles. The van der Waals surface area contributed by atoms with E-state index in [1.165, 1.54) is 0 Å². The fourth-order valence-electron chi connectivity index (χ4n) is 4.51. The second kappa shape index (κ2) is 6.92. The van der Waals surface area contributed by atoms with Gasteiger partial charge >= 0.3 is 0 Å². The van der Waals surface area contributed by atoms with Crippen LogP contribution in [0, 0.1) is 6.92 Å². The van der Waals surface area contributed by atoms with Gasteiger partial charge < -0.3 is 9.80 Å². The van der Waals surface area contributed by atoms with Crippen LogP contribution in [-0.2, 0) is 12.1 Å². The van der Waals surface area contributed by atoms with Gasteiger partial charge in [-0.1, -0.05) is 23.7 Å². The third-order valence-electron chi connectivity index (χ3n) is 5.97. The first-order valence-corrected chi connectivity index (χ1v) is 10.1. The van der Waals surface area contributed by atoms with Crippen molar-refractivity contribution in [3.63, 3.8) is 0 Å². The molecule has 5 rings (SSSR count). The molecule has 3 aromatic rings. The van der Waals surface area contributed by atoms with Gasteiger partial charge in [0.1, 0.15) is 5.66 Å². The smallest absolute Gasteiger partial charge is 0.257 e. The lowest BCUT2D eigenvalue weighted by Gasteiger charge is -2.47. The molecule has 1 saturated heterocycles. The number of rotatable bonds is 2. The summed E-state index contributed by atoms with van der Waals surface area (Å²) in [6, 6.07) is 12.7. The highest BCUT2D eigenvalue weighted by atomic mass is 35.5. The van der Waals surface area contributed by atoms with Gasteiger partial charge in [-0.25, -0.2) is 0 Å². The van der Waals surface area contributed by atoms with E-state index in [2.05, 4.69) is 9.97 Å². The number of hydrogen-bond donors (Lipinski definition) is 0. The minimum Gasteiger partial charge on any atom is -0.309 e. The summed E-state index contributed by atoms with van der Waals surface area (Å²) >= 11 is 6.13. The van der Waals surface area contributed by atoms with Crippen molar-refractivity contribution >= 4 is 23.4 Å². The number of carbonyl (C=O) groups is 2. The summed E-state index contributed by atoms with van der Waals surface area (Å²) in [6.07, 6.45) is 5.41. The highest BCUT2D eigenvalue weighted by Gasteiger charge is 2.55. The highest BCUT2D eigenvalue weighted by Crippen LogP contribution is 2.45. The number of nitrogens with zero attached hydrogens (tertiary/aromatic N) is 4. The van der Waals surface area contributed by atoms with Crippen LogP contribution in [0.15, 0.2) is 61.1 Å². The summed E-state index contributed by atoms with van der Waals surface area (Å²) in [5.41, 5.74) is 2.73. The van der Waals surface area contributed by atoms with Crippen LogP contribution in [0.4, 0.5) is 0 Å². The molecule has 0 spiro atoms. The third kappa shape index (κ3) is 2.71. The normalized spacial score (nSPS) is 20.1. The van der Waals surface area contributed by atoms with E-state index in [0.29, 0.717) is 35.7 Å². The second-order valence-electron chi connectivity index (χ2n) is 7.63. The molecule has 2 aromatic heterocycles. The standard InChI is InChI=1S/C23H19ClN4O2/c1-15-2-3-16(14-26-15)21(29)27-10-11-28-22(30)20-8-9-25-13-17(20)12-23(27,28)18-4-6-19(24)7-5-18/h2-9,13-14H,10-12H2,1H3. The molecular weight excluding hydrogens is 400 g/mol. The van der Waals surface area contributed by atoms with Crippen LogP contribution in [-0.4, -0.2) is 44.7 Å². The zero-order valence-electron chi connectivity index (χ0n) is 16.4. The molecule has 2 amide bonds. The zero-order valence-corrected chi connectivity index (χ0v) is 17.1. The first kappa shape index (κ1) is 18.8. The molecule has 2 aliphatic rings. The maximum Gasteiger partial charge on any atom is 0.257 e. The average molecular weight is 419 g/mol. The first-order valence-electron chi connectivity index (χ1n) is 9.76.